The number of anilines is 2. The minimum absolute atomic E-state index is 0.116. The molecule has 2 unspecified atom stereocenters. The average Bonchev–Trinajstić information content (AvgIpc) is 3.44. The monoisotopic (exact) mass is 357 g/mol. The van der Waals surface area contributed by atoms with Gasteiger partial charge in [0.1, 0.15) is 0 Å². The van der Waals surface area contributed by atoms with Crippen molar-refractivity contribution in [3.8, 4) is 0 Å². The highest BCUT2D eigenvalue weighted by Crippen LogP contribution is 2.39. The van der Waals surface area contributed by atoms with Gasteiger partial charge in [-0.15, -0.1) is 0 Å². The molecular formula is C23H23N3O. The van der Waals surface area contributed by atoms with Crippen LogP contribution in [0.4, 0.5) is 11.4 Å². The molecule has 3 aromatic carbocycles. The summed E-state index contributed by atoms with van der Waals surface area (Å²) in [5, 5.41) is 6.32. The number of benzene rings is 3. The molecule has 0 radical (unpaired) electrons. The molecule has 3 aromatic rings. The number of nitrogens with two attached hydrogens (primary N) is 1. The van der Waals surface area contributed by atoms with Gasteiger partial charge in [0, 0.05) is 35.4 Å². The predicted octanol–water partition coefficient (Wildman–Crippen LogP) is 4.37. The molecule has 0 aromatic heterocycles. The first-order valence-electron chi connectivity index (χ1n) is 9.24. The first kappa shape index (κ1) is 17.3. The molecule has 0 heterocycles. The average molecular weight is 357 g/mol. The molecule has 136 valence electrons. The number of hydrogen-bond acceptors (Lipinski definition) is 3. The van der Waals surface area contributed by atoms with Crippen LogP contribution in [0.2, 0.25) is 0 Å². The third kappa shape index (κ3) is 4.36. The molecule has 0 saturated heterocycles. The smallest absolute Gasteiger partial charge is 0.255 e. The quantitative estimate of drug-likeness (QED) is 0.614. The Balaban J connectivity index is 1.38. The van der Waals surface area contributed by atoms with Crippen molar-refractivity contribution < 1.29 is 4.79 Å². The summed E-state index contributed by atoms with van der Waals surface area (Å²) in [7, 11) is 0. The van der Waals surface area contributed by atoms with Crippen molar-refractivity contribution in [2.24, 2.45) is 5.73 Å². The van der Waals surface area contributed by atoms with Gasteiger partial charge in [-0.05, 0) is 47.9 Å². The molecule has 0 aliphatic heterocycles. The molecule has 2 atom stereocenters. The van der Waals surface area contributed by atoms with Gasteiger partial charge in [-0.1, -0.05) is 48.5 Å². The van der Waals surface area contributed by atoms with Crippen molar-refractivity contribution in [3.05, 3.63) is 95.6 Å². The SMILES string of the molecule is NC1CC1c1ccc(NC(=O)c2cccc(NCc3ccccc3)c2)cc1. The molecule has 27 heavy (non-hydrogen) atoms. The Labute approximate surface area is 159 Å². The lowest BCUT2D eigenvalue weighted by atomic mass is 10.1. The van der Waals surface area contributed by atoms with E-state index in [0.29, 0.717) is 11.5 Å². The maximum Gasteiger partial charge on any atom is 0.255 e. The van der Waals surface area contributed by atoms with E-state index in [9.17, 15) is 4.79 Å². The fourth-order valence-corrected chi connectivity index (χ4v) is 3.19. The Morgan fingerprint density at radius 2 is 1.67 bits per heavy atom. The van der Waals surface area contributed by atoms with Gasteiger partial charge in [-0.25, -0.2) is 0 Å². The number of rotatable bonds is 6. The topological polar surface area (TPSA) is 67.1 Å². The lowest BCUT2D eigenvalue weighted by molar-refractivity contribution is 0.102. The standard InChI is InChI=1S/C23H23N3O/c24-22-14-21(22)17-9-11-19(12-10-17)26-23(27)18-7-4-8-20(13-18)25-15-16-5-2-1-3-6-16/h1-13,21-22,25H,14-15,24H2,(H,26,27). The Hall–Kier alpha value is -3.11. The summed E-state index contributed by atoms with van der Waals surface area (Å²) in [6.07, 6.45) is 1.05. The Morgan fingerprint density at radius 1 is 0.926 bits per heavy atom. The van der Waals surface area contributed by atoms with Crippen molar-refractivity contribution in [1.82, 2.24) is 0 Å². The van der Waals surface area contributed by atoms with Crippen LogP contribution in [-0.4, -0.2) is 11.9 Å². The molecule has 4 heteroatoms. The van der Waals surface area contributed by atoms with E-state index in [1.54, 1.807) is 0 Å². The maximum atomic E-state index is 12.6. The Kier molecular flexibility index (Phi) is 4.90. The van der Waals surface area contributed by atoms with Crippen LogP contribution in [0.5, 0.6) is 0 Å². The van der Waals surface area contributed by atoms with Crippen LogP contribution in [0.25, 0.3) is 0 Å². The molecule has 1 amide bonds. The fourth-order valence-electron chi connectivity index (χ4n) is 3.19. The lowest BCUT2D eigenvalue weighted by Crippen LogP contribution is -2.12. The van der Waals surface area contributed by atoms with E-state index in [-0.39, 0.29) is 11.9 Å². The highest BCUT2D eigenvalue weighted by Gasteiger charge is 2.34. The molecule has 0 bridgehead atoms. The van der Waals surface area contributed by atoms with Crippen molar-refractivity contribution in [1.29, 1.82) is 0 Å². The van der Waals surface area contributed by atoms with E-state index < -0.39 is 0 Å². The molecule has 4 N–H and O–H groups in total. The van der Waals surface area contributed by atoms with Crippen LogP contribution in [0, 0.1) is 0 Å². The van der Waals surface area contributed by atoms with Crippen LogP contribution < -0.4 is 16.4 Å². The van der Waals surface area contributed by atoms with Crippen molar-refractivity contribution in [3.63, 3.8) is 0 Å². The predicted molar refractivity (Wildman–Crippen MR) is 110 cm³/mol. The van der Waals surface area contributed by atoms with Crippen molar-refractivity contribution in [2.45, 2.75) is 24.9 Å². The summed E-state index contributed by atoms with van der Waals surface area (Å²) in [6, 6.07) is 26.0. The zero-order valence-electron chi connectivity index (χ0n) is 15.1. The van der Waals surface area contributed by atoms with Crippen LogP contribution >= 0.6 is 0 Å². The van der Waals surface area contributed by atoms with E-state index in [1.807, 2.05) is 66.7 Å². The normalized spacial score (nSPS) is 18.0. The van der Waals surface area contributed by atoms with Gasteiger partial charge in [0.2, 0.25) is 0 Å². The Morgan fingerprint density at radius 3 is 2.37 bits per heavy atom. The number of carbonyl (C=O) groups is 1. The second kappa shape index (κ2) is 7.64. The minimum atomic E-state index is -0.116. The summed E-state index contributed by atoms with van der Waals surface area (Å²) in [5.74, 6) is 0.358. The van der Waals surface area contributed by atoms with Crippen LogP contribution in [0.15, 0.2) is 78.9 Å². The summed E-state index contributed by atoms with van der Waals surface area (Å²) in [4.78, 5) is 12.6. The number of hydrogen-bond donors (Lipinski definition) is 3. The number of nitrogens with one attached hydrogen (secondary N) is 2. The van der Waals surface area contributed by atoms with Gasteiger partial charge in [0.05, 0.1) is 0 Å². The van der Waals surface area contributed by atoms with E-state index >= 15 is 0 Å². The maximum absolute atomic E-state index is 12.6. The summed E-state index contributed by atoms with van der Waals surface area (Å²) < 4.78 is 0. The van der Waals surface area contributed by atoms with Gasteiger partial charge in [-0.3, -0.25) is 4.79 Å². The van der Waals surface area contributed by atoms with Gasteiger partial charge < -0.3 is 16.4 Å². The van der Waals surface area contributed by atoms with Crippen LogP contribution in [0.3, 0.4) is 0 Å². The Bertz CT molecular complexity index is 922. The summed E-state index contributed by atoms with van der Waals surface area (Å²) >= 11 is 0. The van der Waals surface area contributed by atoms with Crippen LogP contribution in [0.1, 0.15) is 33.8 Å². The minimum Gasteiger partial charge on any atom is -0.381 e. The molecule has 1 aliphatic rings. The van der Waals surface area contributed by atoms with E-state index in [1.165, 1.54) is 11.1 Å². The first-order chi connectivity index (χ1) is 13.2. The second-order valence-electron chi connectivity index (χ2n) is 7.00. The summed E-state index contributed by atoms with van der Waals surface area (Å²) in [6.45, 7) is 0.719. The summed E-state index contributed by atoms with van der Waals surface area (Å²) in [5.41, 5.74) is 10.7. The largest absolute Gasteiger partial charge is 0.381 e. The molecule has 1 aliphatic carbocycles. The van der Waals surface area contributed by atoms with Gasteiger partial charge >= 0.3 is 0 Å². The molecule has 1 fully saturated rings. The second-order valence-corrected chi connectivity index (χ2v) is 7.00. The highest BCUT2D eigenvalue weighted by atomic mass is 16.1. The van der Waals surface area contributed by atoms with Crippen LogP contribution in [-0.2, 0) is 6.54 Å². The molecule has 1 saturated carbocycles. The van der Waals surface area contributed by atoms with Gasteiger partial charge in [-0.2, -0.15) is 0 Å². The molecule has 0 spiro atoms. The third-order valence-electron chi connectivity index (χ3n) is 4.90. The van der Waals surface area contributed by atoms with Gasteiger partial charge in [0.15, 0.2) is 0 Å². The first-order valence-corrected chi connectivity index (χ1v) is 9.24. The molecule has 4 rings (SSSR count). The highest BCUT2D eigenvalue weighted by molar-refractivity contribution is 6.04. The lowest BCUT2D eigenvalue weighted by Gasteiger charge is -2.10. The third-order valence-corrected chi connectivity index (χ3v) is 4.90. The van der Waals surface area contributed by atoms with E-state index in [4.69, 9.17) is 5.73 Å². The van der Waals surface area contributed by atoms with Crippen molar-refractivity contribution in [2.75, 3.05) is 10.6 Å². The number of carbonyl (C=O) groups excluding carboxylic acids is 1. The van der Waals surface area contributed by atoms with Gasteiger partial charge in [0.25, 0.3) is 5.91 Å². The fraction of sp³-hybridized carbons (Fsp3) is 0.174. The van der Waals surface area contributed by atoms with E-state index in [0.717, 1.165) is 24.3 Å². The zero-order valence-corrected chi connectivity index (χ0v) is 15.1. The molecular weight excluding hydrogens is 334 g/mol. The number of amides is 1. The van der Waals surface area contributed by atoms with E-state index in [2.05, 4.69) is 22.8 Å². The van der Waals surface area contributed by atoms with Crippen molar-refractivity contribution >= 4 is 17.3 Å². The zero-order chi connectivity index (χ0) is 18.6. The molecule has 4 nitrogen and oxygen atoms in total.